The number of hydrogen-bond acceptors (Lipinski definition) is 3. The first kappa shape index (κ1) is 14.9. The summed E-state index contributed by atoms with van der Waals surface area (Å²) in [6.07, 6.45) is 0. The van der Waals surface area contributed by atoms with Crippen LogP contribution in [0.3, 0.4) is 0 Å². The fourth-order valence-corrected chi connectivity index (χ4v) is 3.18. The maximum Gasteiger partial charge on any atom is 0.311 e. The van der Waals surface area contributed by atoms with Gasteiger partial charge in [0.05, 0.1) is 5.92 Å². The molecule has 4 nitrogen and oxygen atoms in total. The van der Waals surface area contributed by atoms with Crippen molar-refractivity contribution in [3.63, 3.8) is 0 Å². The highest BCUT2D eigenvalue weighted by Crippen LogP contribution is 2.46. The molecule has 2 N–H and O–H groups in total. The second-order valence-corrected chi connectivity index (χ2v) is 5.74. The van der Waals surface area contributed by atoms with Crippen LogP contribution in [0.15, 0.2) is 42.5 Å². The van der Waals surface area contributed by atoms with Gasteiger partial charge in [-0.2, -0.15) is 0 Å². The Morgan fingerprint density at radius 2 is 1.95 bits per heavy atom. The van der Waals surface area contributed by atoms with Crippen LogP contribution in [0.2, 0.25) is 5.02 Å². The van der Waals surface area contributed by atoms with Gasteiger partial charge in [-0.05, 0) is 31.3 Å². The van der Waals surface area contributed by atoms with Gasteiger partial charge in [0.25, 0.3) is 0 Å². The molecule has 0 amide bonds. The third-order valence-electron chi connectivity index (χ3n) is 3.94. The van der Waals surface area contributed by atoms with E-state index in [0.29, 0.717) is 28.6 Å². The number of aliphatic carboxylic acids is 1. The zero-order valence-corrected chi connectivity index (χ0v) is 12.8. The van der Waals surface area contributed by atoms with Crippen molar-refractivity contribution in [1.82, 2.24) is 5.32 Å². The lowest BCUT2D eigenvalue weighted by molar-refractivity contribution is -0.139. The fourth-order valence-electron chi connectivity index (χ4n) is 3.00. The van der Waals surface area contributed by atoms with Crippen LogP contribution in [0, 0.1) is 0 Å². The molecule has 22 heavy (non-hydrogen) atoms. The number of hydrogen-bond donors (Lipinski definition) is 2. The molecule has 3 rings (SSSR count). The van der Waals surface area contributed by atoms with Crippen molar-refractivity contribution in [2.24, 2.45) is 0 Å². The van der Waals surface area contributed by atoms with Crippen LogP contribution >= 0.6 is 11.6 Å². The molecule has 0 radical (unpaired) electrons. The van der Waals surface area contributed by atoms with Crippen LogP contribution in [0.1, 0.15) is 23.0 Å². The number of fused-ring (bicyclic) bond motifs is 2. The second kappa shape index (κ2) is 5.99. The summed E-state index contributed by atoms with van der Waals surface area (Å²) in [5, 5.41) is 13.4. The summed E-state index contributed by atoms with van der Waals surface area (Å²) in [7, 11) is 1.81. The highest BCUT2D eigenvalue weighted by molar-refractivity contribution is 6.30. The molecule has 0 saturated heterocycles. The lowest BCUT2D eigenvalue weighted by Gasteiger charge is -2.23. The highest BCUT2D eigenvalue weighted by atomic mass is 35.5. The summed E-state index contributed by atoms with van der Waals surface area (Å²) in [5.74, 6) is -0.606. The molecule has 1 aliphatic rings. The molecule has 2 atom stereocenters. The number of carbonyl (C=O) groups is 1. The maximum atomic E-state index is 11.9. The zero-order chi connectivity index (χ0) is 15.7. The van der Waals surface area contributed by atoms with Gasteiger partial charge in [-0.25, -0.2) is 0 Å². The monoisotopic (exact) mass is 317 g/mol. The molecular formula is C17H16ClNO3. The van der Waals surface area contributed by atoms with Crippen LogP contribution in [0.5, 0.6) is 11.5 Å². The Bertz CT molecular complexity index is 717. The van der Waals surface area contributed by atoms with Crippen molar-refractivity contribution in [1.29, 1.82) is 0 Å². The van der Waals surface area contributed by atoms with Crippen molar-refractivity contribution >= 4 is 17.6 Å². The Labute approximate surface area is 133 Å². The van der Waals surface area contributed by atoms with Crippen molar-refractivity contribution in [3.05, 3.63) is 58.6 Å². The fraction of sp³-hybridized carbons (Fsp3) is 0.235. The largest absolute Gasteiger partial charge is 0.481 e. The van der Waals surface area contributed by atoms with E-state index in [-0.39, 0.29) is 5.92 Å². The Balaban J connectivity index is 2.24. The number of halogens is 1. The van der Waals surface area contributed by atoms with Gasteiger partial charge in [0.15, 0.2) is 0 Å². The number of para-hydroxylation sites is 1. The molecule has 0 spiro atoms. The topological polar surface area (TPSA) is 58.6 Å². The minimum atomic E-state index is -0.885. The number of nitrogens with one attached hydrogen (secondary N) is 1. The summed E-state index contributed by atoms with van der Waals surface area (Å²) in [6, 6.07) is 12.7. The summed E-state index contributed by atoms with van der Waals surface area (Å²) in [6.45, 7) is 0.531. The molecule has 5 heteroatoms. The summed E-state index contributed by atoms with van der Waals surface area (Å²) in [4.78, 5) is 11.9. The lowest BCUT2D eigenvalue weighted by Crippen LogP contribution is -2.27. The molecule has 114 valence electrons. The Morgan fingerprint density at radius 3 is 2.68 bits per heavy atom. The second-order valence-electron chi connectivity index (χ2n) is 5.30. The van der Waals surface area contributed by atoms with E-state index in [1.165, 1.54) is 0 Å². The van der Waals surface area contributed by atoms with E-state index in [0.717, 1.165) is 5.56 Å². The van der Waals surface area contributed by atoms with Gasteiger partial charge < -0.3 is 15.2 Å². The summed E-state index contributed by atoms with van der Waals surface area (Å²) in [5.41, 5.74) is 1.49. The van der Waals surface area contributed by atoms with Crippen LogP contribution in [-0.2, 0) is 4.79 Å². The smallest absolute Gasteiger partial charge is 0.311 e. The van der Waals surface area contributed by atoms with Crippen LogP contribution in [-0.4, -0.2) is 24.7 Å². The quantitative estimate of drug-likeness (QED) is 0.908. The van der Waals surface area contributed by atoms with Gasteiger partial charge in [0, 0.05) is 28.6 Å². The van der Waals surface area contributed by atoms with Crippen molar-refractivity contribution in [2.75, 3.05) is 13.6 Å². The number of rotatable bonds is 3. The normalized spacial score (nSPS) is 19.5. The molecule has 0 fully saturated rings. The maximum absolute atomic E-state index is 11.9. The molecule has 2 aromatic rings. The third kappa shape index (κ3) is 2.56. The zero-order valence-electron chi connectivity index (χ0n) is 12.0. The molecular weight excluding hydrogens is 302 g/mol. The Kier molecular flexibility index (Phi) is 4.05. The number of carboxylic acids is 1. The van der Waals surface area contributed by atoms with Crippen molar-refractivity contribution in [2.45, 2.75) is 11.8 Å². The lowest BCUT2D eigenvalue weighted by atomic mass is 9.81. The first-order chi connectivity index (χ1) is 10.6. The average molecular weight is 318 g/mol. The van der Waals surface area contributed by atoms with Gasteiger partial charge in [-0.3, -0.25) is 4.79 Å². The van der Waals surface area contributed by atoms with Crippen molar-refractivity contribution < 1.29 is 14.6 Å². The van der Waals surface area contributed by atoms with Crippen LogP contribution in [0.25, 0.3) is 0 Å². The molecule has 0 aromatic heterocycles. The highest BCUT2D eigenvalue weighted by Gasteiger charge is 2.37. The number of benzene rings is 2. The minimum Gasteiger partial charge on any atom is -0.481 e. The SMILES string of the molecule is CNC[C@H]1c2ccccc2Oc2ccc(Cl)cc2C1C(=O)O. The Morgan fingerprint density at radius 1 is 1.23 bits per heavy atom. The molecule has 1 unspecified atom stereocenters. The number of carboxylic acid groups (broad SMARTS) is 1. The average Bonchev–Trinajstić information content (AvgIpc) is 2.62. The predicted molar refractivity (Wildman–Crippen MR) is 85.0 cm³/mol. The number of ether oxygens (including phenoxy) is 1. The van der Waals surface area contributed by atoms with Crippen LogP contribution < -0.4 is 10.1 Å². The van der Waals surface area contributed by atoms with E-state index in [9.17, 15) is 9.90 Å². The first-order valence-electron chi connectivity index (χ1n) is 7.05. The standard InChI is InChI=1S/C17H16ClNO3/c1-19-9-13-11-4-2-3-5-14(11)22-15-7-6-10(18)8-12(15)16(13)17(20)21/h2-8,13,16,19H,9H2,1H3,(H,20,21)/t13-,16?/m0/s1. The molecule has 0 aliphatic carbocycles. The molecule has 2 aromatic carbocycles. The third-order valence-corrected chi connectivity index (χ3v) is 4.17. The molecule has 0 saturated carbocycles. The van der Waals surface area contributed by atoms with E-state index >= 15 is 0 Å². The number of likely N-dealkylation sites (N-methyl/N-ethyl adjacent to an activating group) is 1. The van der Waals surface area contributed by atoms with E-state index < -0.39 is 11.9 Å². The minimum absolute atomic E-state index is 0.238. The van der Waals surface area contributed by atoms with E-state index in [2.05, 4.69) is 5.32 Å². The van der Waals surface area contributed by atoms with Gasteiger partial charge in [-0.15, -0.1) is 0 Å². The molecule has 1 heterocycles. The summed E-state index contributed by atoms with van der Waals surface area (Å²) >= 11 is 6.07. The Hall–Kier alpha value is -2.04. The van der Waals surface area contributed by atoms with E-state index in [1.54, 1.807) is 18.2 Å². The molecule has 1 aliphatic heterocycles. The van der Waals surface area contributed by atoms with Gasteiger partial charge >= 0.3 is 5.97 Å². The van der Waals surface area contributed by atoms with E-state index in [1.807, 2.05) is 31.3 Å². The predicted octanol–water partition coefficient (Wildman–Crippen LogP) is 3.62. The van der Waals surface area contributed by atoms with Crippen LogP contribution in [0.4, 0.5) is 0 Å². The summed E-state index contributed by atoms with van der Waals surface area (Å²) < 4.78 is 5.96. The van der Waals surface area contributed by atoms with Gasteiger partial charge in [-0.1, -0.05) is 29.8 Å². The van der Waals surface area contributed by atoms with Crippen molar-refractivity contribution in [3.8, 4) is 11.5 Å². The van der Waals surface area contributed by atoms with Gasteiger partial charge in [0.1, 0.15) is 11.5 Å². The van der Waals surface area contributed by atoms with E-state index in [4.69, 9.17) is 16.3 Å². The van der Waals surface area contributed by atoms with Gasteiger partial charge in [0.2, 0.25) is 0 Å². The molecule has 0 bridgehead atoms. The first-order valence-corrected chi connectivity index (χ1v) is 7.43.